The molecule has 0 heterocycles. The number of benzene rings is 1. The topological polar surface area (TPSA) is 29.5 Å². The van der Waals surface area contributed by atoms with Crippen molar-refractivity contribution in [2.45, 2.75) is 18.8 Å². The maximum absolute atomic E-state index is 8.97. The van der Waals surface area contributed by atoms with E-state index in [0.717, 1.165) is 17.9 Å². The SMILES string of the molecule is COc1ccc(C2CC2)cc1[CH]O. The molecule has 0 aromatic heterocycles. The summed E-state index contributed by atoms with van der Waals surface area (Å²) in [6.07, 6.45) is 2.55. The Balaban J connectivity index is 2.31. The number of aliphatic hydroxyl groups excluding tert-OH is 1. The Hall–Kier alpha value is -1.02. The highest BCUT2D eigenvalue weighted by atomic mass is 16.5. The molecule has 1 N–H and O–H groups in total. The van der Waals surface area contributed by atoms with Crippen LogP contribution in [0.3, 0.4) is 0 Å². The quantitative estimate of drug-likeness (QED) is 0.768. The monoisotopic (exact) mass is 177 g/mol. The average molecular weight is 177 g/mol. The van der Waals surface area contributed by atoms with Crippen LogP contribution in [-0.2, 0) is 0 Å². The number of hydrogen-bond donors (Lipinski definition) is 1. The maximum atomic E-state index is 8.97. The van der Waals surface area contributed by atoms with Crippen LogP contribution in [0.25, 0.3) is 0 Å². The Labute approximate surface area is 78.2 Å². The van der Waals surface area contributed by atoms with Gasteiger partial charge in [-0.2, -0.15) is 0 Å². The first kappa shape index (κ1) is 8.57. The first-order chi connectivity index (χ1) is 6.35. The predicted octanol–water partition coefficient (Wildman–Crippen LogP) is 2.45. The summed E-state index contributed by atoms with van der Waals surface area (Å²) in [5.74, 6) is 1.44. The van der Waals surface area contributed by atoms with Crippen molar-refractivity contribution >= 4 is 0 Å². The molecule has 2 nitrogen and oxygen atoms in total. The van der Waals surface area contributed by atoms with Gasteiger partial charge in [0.15, 0.2) is 0 Å². The van der Waals surface area contributed by atoms with Gasteiger partial charge in [0.2, 0.25) is 0 Å². The van der Waals surface area contributed by atoms with Crippen molar-refractivity contribution in [2.24, 2.45) is 0 Å². The average Bonchev–Trinajstić information content (AvgIpc) is 3.00. The molecule has 13 heavy (non-hydrogen) atoms. The summed E-state index contributed by atoms with van der Waals surface area (Å²) in [7, 11) is 1.61. The van der Waals surface area contributed by atoms with Crippen LogP contribution >= 0.6 is 0 Å². The van der Waals surface area contributed by atoms with Gasteiger partial charge >= 0.3 is 0 Å². The van der Waals surface area contributed by atoms with Gasteiger partial charge < -0.3 is 9.84 Å². The Morgan fingerprint density at radius 2 is 2.23 bits per heavy atom. The standard InChI is InChI=1S/C11H13O2/c1-13-11-5-4-9(8-2-3-8)6-10(11)7-12/h4-8,12H,2-3H2,1H3. The molecule has 0 bridgehead atoms. The molecule has 0 unspecified atom stereocenters. The van der Waals surface area contributed by atoms with Crippen molar-refractivity contribution in [3.8, 4) is 5.75 Å². The smallest absolute Gasteiger partial charge is 0.124 e. The van der Waals surface area contributed by atoms with Crippen molar-refractivity contribution in [3.05, 3.63) is 35.9 Å². The Bertz CT molecular complexity index is 303. The zero-order valence-corrected chi connectivity index (χ0v) is 7.66. The number of hydrogen-bond acceptors (Lipinski definition) is 2. The van der Waals surface area contributed by atoms with Crippen LogP contribution in [0.4, 0.5) is 0 Å². The van der Waals surface area contributed by atoms with Gasteiger partial charge in [-0.25, -0.2) is 0 Å². The molecule has 1 aliphatic carbocycles. The van der Waals surface area contributed by atoms with Crippen molar-refractivity contribution in [2.75, 3.05) is 7.11 Å². The molecule has 0 spiro atoms. The zero-order chi connectivity index (χ0) is 9.26. The van der Waals surface area contributed by atoms with Crippen LogP contribution in [0.2, 0.25) is 0 Å². The van der Waals surface area contributed by atoms with Crippen LogP contribution in [0.5, 0.6) is 5.75 Å². The molecule has 2 rings (SSSR count). The Kier molecular flexibility index (Phi) is 2.23. The van der Waals surface area contributed by atoms with E-state index in [1.807, 2.05) is 12.1 Å². The molecule has 1 fully saturated rings. The van der Waals surface area contributed by atoms with Gasteiger partial charge in [0, 0.05) is 5.56 Å². The molecule has 0 saturated heterocycles. The second kappa shape index (κ2) is 3.38. The van der Waals surface area contributed by atoms with Crippen molar-refractivity contribution in [1.29, 1.82) is 0 Å². The maximum Gasteiger partial charge on any atom is 0.124 e. The molecule has 1 saturated carbocycles. The van der Waals surface area contributed by atoms with E-state index in [1.54, 1.807) is 7.11 Å². The minimum atomic E-state index is 0.713. The number of ether oxygens (including phenoxy) is 1. The Morgan fingerprint density at radius 3 is 2.77 bits per heavy atom. The lowest BCUT2D eigenvalue weighted by Gasteiger charge is -2.07. The van der Waals surface area contributed by atoms with Crippen LogP contribution in [0.15, 0.2) is 18.2 Å². The lowest BCUT2D eigenvalue weighted by Crippen LogP contribution is -1.91. The molecule has 1 aromatic rings. The van der Waals surface area contributed by atoms with Crippen LogP contribution in [-0.4, -0.2) is 12.2 Å². The molecule has 0 atom stereocenters. The second-order valence-electron chi connectivity index (χ2n) is 3.40. The van der Waals surface area contributed by atoms with E-state index in [0.29, 0.717) is 5.92 Å². The zero-order valence-electron chi connectivity index (χ0n) is 7.66. The lowest BCUT2D eigenvalue weighted by molar-refractivity contribution is 0.384. The highest BCUT2D eigenvalue weighted by Gasteiger charge is 2.24. The van der Waals surface area contributed by atoms with Gasteiger partial charge in [-0.1, -0.05) is 6.07 Å². The molecule has 0 aliphatic heterocycles. The lowest BCUT2D eigenvalue weighted by atomic mass is 10.1. The van der Waals surface area contributed by atoms with Gasteiger partial charge in [0.05, 0.1) is 7.11 Å². The van der Waals surface area contributed by atoms with Gasteiger partial charge in [0.1, 0.15) is 12.4 Å². The molecule has 1 aromatic carbocycles. The van der Waals surface area contributed by atoms with E-state index in [-0.39, 0.29) is 0 Å². The van der Waals surface area contributed by atoms with Gasteiger partial charge in [-0.3, -0.25) is 0 Å². The fourth-order valence-electron chi connectivity index (χ4n) is 1.52. The molecule has 2 heteroatoms. The fourth-order valence-corrected chi connectivity index (χ4v) is 1.52. The molecular weight excluding hydrogens is 164 g/mol. The predicted molar refractivity (Wildman–Crippen MR) is 50.3 cm³/mol. The van der Waals surface area contributed by atoms with Crippen LogP contribution < -0.4 is 4.74 Å². The minimum absolute atomic E-state index is 0.713. The van der Waals surface area contributed by atoms with Crippen LogP contribution in [0.1, 0.15) is 29.9 Å². The second-order valence-corrected chi connectivity index (χ2v) is 3.40. The third kappa shape index (κ3) is 1.68. The van der Waals surface area contributed by atoms with E-state index >= 15 is 0 Å². The summed E-state index contributed by atoms with van der Waals surface area (Å²) >= 11 is 0. The van der Waals surface area contributed by atoms with E-state index in [2.05, 4.69) is 6.07 Å². The summed E-state index contributed by atoms with van der Waals surface area (Å²) in [6.45, 7) is 1.10. The largest absolute Gasteiger partial charge is 0.496 e. The van der Waals surface area contributed by atoms with Gasteiger partial charge in [0.25, 0.3) is 0 Å². The summed E-state index contributed by atoms with van der Waals surface area (Å²) in [6, 6.07) is 5.98. The molecule has 69 valence electrons. The Morgan fingerprint density at radius 1 is 1.46 bits per heavy atom. The summed E-state index contributed by atoms with van der Waals surface area (Å²) in [5, 5.41) is 8.97. The van der Waals surface area contributed by atoms with Crippen LogP contribution in [0, 0.1) is 6.61 Å². The van der Waals surface area contributed by atoms with Crippen molar-refractivity contribution in [1.82, 2.24) is 0 Å². The highest BCUT2D eigenvalue weighted by molar-refractivity contribution is 5.42. The van der Waals surface area contributed by atoms with Crippen molar-refractivity contribution < 1.29 is 9.84 Å². The number of methoxy groups -OCH3 is 1. The summed E-state index contributed by atoms with van der Waals surface area (Å²) < 4.78 is 5.10. The normalized spacial score (nSPS) is 15.8. The molecular formula is C11H13O2. The van der Waals surface area contributed by atoms with Gasteiger partial charge in [-0.15, -0.1) is 0 Å². The highest BCUT2D eigenvalue weighted by Crippen LogP contribution is 2.41. The third-order valence-corrected chi connectivity index (χ3v) is 2.44. The number of rotatable bonds is 3. The molecule has 0 amide bonds. The van der Waals surface area contributed by atoms with Gasteiger partial charge in [-0.05, 0) is 36.5 Å². The fraction of sp³-hybridized carbons (Fsp3) is 0.364. The summed E-state index contributed by atoms with van der Waals surface area (Å²) in [4.78, 5) is 0. The molecule has 1 aliphatic rings. The number of aliphatic hydroxyl groups is 1. The summed E-state index contributed by atoms with van der Waals surface area (Å²) in [5.41, 5.74) is 2.08. The van der Waals surface area contributed by atoms with Crippen molar-refractivity contribution in [3.63, 3.8) is 0 Å². The first-order valence-electron chi connectivity index (χ1n) is 4.50. The molecule has 1 radical (unpaired) electrons. The van der Waals surface area contributed by atoms with E-state index in [9.17, 15) is 0 Å². The van der Waals surface area contributed by atoms with E-state index in [1.165, 1.54) is 18.4 Å². The minimum Gasteiger partial charge on any atom is -0.496 e. The van der Waals surface area contributed by atoms with E-state index in [4.69, 9.17) is 9.84 Å². The van der Waals surface area contributed by atoms with E-state index < -0.39 is 0 Å². The first-order valence-corrected chi connectivity index (χ1v) is 4.50. The third-order valence-electron chi connectivity index (χ3n) is 2.44.